The predicted octanol–water partition coefficient (Wildman–Crippen LogP) is 3.59. The maximum atomic E-state index is 8.93. The number of halogens is 1. The highest BCUT2D eigenvalue weighted by molar-refractivity contribution is 9.10. The Kier molecular flexibility index (Phi) is 2.84. The zero-order valence-electron chi connectivity index (χ0n) is 11.2. The van der Waals surface area contributed by atoms with Gasteiger partial charge in [0.25, 0.3) is 5.78 Å². The van der Waals surface area contributed by atoms with E-state index in [4.69, 9.17) is 5.26 Å². The Hall–Kier alpha value is -2.85. The second kappa shape index (κ2) is 4.86. The van der Waals surface area contributed by atoms with Gasteiger partial charge in [-0.25, -0.2) is 9.50 Å². The van der Waals surface area contributed by atoms with Gasteiger partial charge in [0.15, 0.2) is 0 Å². The van der Waals surface area contributed by atoms with Gasteiger partial charge >= 0.3 is 0 Å². The highest BCUT2D eigenvalue weighted by atomic mass is 79.9. The van der Waals surface area contributed by atoms with Crippen molar-refractivity contribution >= 4 is 44.4 Å². The van der Waals surface area contributed by atoms with Gasteiger partial charge in [-0.2, -0.15) is 10.2 Å². The van der Waals surface area contributed by atoms with Gasteiger partial charge in [-0.05, 0) is 46.3 Å². The highest BCUT2D eigenvalue weighted by Gasteiger charge is 2.11. The minimum Gasteiger partial charge on any atom is -0.324 e. The van der Waals surface area contributed by atoms with Crippen LogP contribution in [-0.4, -0.2) is 19.6 Å². The van der Waals surface area contributed by atoms with Crippen molar-refractivity contribution in [3.05, 3.63) is 52.5 Å². The van der Waals surface area contributed by atoms with Gasteiger partial charge in [0.2, 0.25) is 5.95 Å². The fraction of sp³-hybridized carbons (Fsp3) is 0. The molecule has 0 spiro atoms. The van der Waals surface area contributed by atoms with Crippen LogP contribution in [0.1, 0.15) is 5.56 Å². The average Bonchev–Trinajstić information content (AvgIpc) is 3.05. The molecule has 106 valence electrons. The molecule has 6 nitrogen and oxygen atoms in total. The second-order valence-corrected chi connectivity index (χ2v) is 5.59. The molecule has 0 bridgehead atoms. The van der Waals surface area contributed by atoms with Crippen LogP contribution in [0.2, 0.25) is 0 Å². The van der Waals surface area contributed by atoms with E-state index < -0.39 is 0 Å². The summed E-state index contributed by atoms with van der Waals surface area (Å²) < 4.78 is 2.74. The summed E-state index contributed by atoms with van der Waals surface area (Å²) in [5.41, 5.74) is 3.11. The molecule has 0 radical (unpaired) electrons. The van der Waals surface area contributed by atoms with Crippen molar-refractivity contribution in [2.75, 3.05) is 5.32 Å². The first-order valence-electron chi connectivity index (χ1n) is 6.54. The summed E-state index contributed by atoms with van der Waals surface area (Å²) in [6, 6.07) is 15.3. The molecule has 2 heterocycles. The smallest absolute Gasteiger partial charge is 0.253 e. The van der Waals surface area contributed by atoms with Crippen molar-refractivity contribution in [2.24, 2.45) is 0 Å². The third-order valence-electron chi connectivity index (χ3n) is 3.32. The predicted molar refractivity (Wildman–Crippen MR) is 87.0 cm³/mol. The summed E-state index contributed by atoms with van der Waals surface area (Å²) in [6.07, 6.45) is 0. The van der Waals surface area contributed by atoms with Crippen molar-refractivity contribution in [3.63, 3.8) is 0 Å². The molecule has 0 fully saturated rings. The molecule has 7 heteroatoms. The molecule has 22 heavy (non-hydrogen) atoms. The summed E-state index contributed by atoms with van der Waals surface area (Å²) in [5, 5.41) is 15.3. The van der Waals surface area contributed by atoms with E-state index in [0.29, 0.717) is 17.3 Å². The number of aromatic amines is 1. The van der Waals surface area contributed by atoms with E-state index in [1.807, 2.05) is 30.3 Å². The summed E-state index contributed by atoms with van der Waals surface area (Å²) in [5.74, 6) is 1.15. The first kappa shape index (κ1) is 12.9. The number of imidazole rings is 1. The average molecular weight is 353 g/mol. The molecule has 2 N–H and O–H groups in total. The molecular weight excluding hydrogens is 344 g/mol. The van der Waals surface area contributed by atoms with Gasteiger partial charge in [0, 0.05) is 4.47 Å². The number of H-pyrrole nitrogens is 1. The number of fused-ring (bicyclic) bond motifs is 3. The van der Waals surface area contributed by atoms with Crippen LogP contribution in [0.25, 0.3) is 16.8 Å². The molecule has 0 saturated heterocycles. The van der Waals surface area contributed by atoms with E-state index in [1.54, 1.807) is 16.6 Å². The molecule has 4 aromatic rings. The number of hydrogen-bond donors (Lipinski definition) is 2. The lowest BCUT2D eigenvalue weighted by Crippen LogP contribution is -1.94. The number of para-hydroxylation sites is 1. The van der Waals surface area contributed by atoms with Gasteiger partial charge < -0.3 is 5.32 Å². The Morgan fingerprint density at radius 3 is 2.86 bits per heavy atom. The van der Waals surface area contributed by atoms with Crippen LogP contribution in [-0.2, 0) is 0 Å². The van der Waals surface area contributed by atoms with E-state index in [-0.39, 0.29) is 0 Å². The Morgan fingerprint density at radius 1 is 1.18 bits per heavy atom. The van der Waals surface area contributed by atoms with Crippen LogP contribution in [0.5, 0.6) is 0 Å². The molecule has 0 aliphatic heterocycles. The minimum atomic E-state index is 0.555. The standard InChI is InChI=1S/C15H9BrN6/c16-10-3-1-2-4-11(10)18-14-20-15-19-12-7-9(8-17)5-6-13(12)22(15)21-14/h1-7H,(H2,18,19,20,21). The van der Waals surface area contributed by atoms with E-state index >= 15 is 0 Å². The number of aromatic nitrogens is 4. The molecule has 2 aromatic carbocycles. The van der Waals surface area contributed by atoms with E-state index in [2.05, 4.69) is 42.4 Å². The van der Waals surface area contributed by atoms with Crippen molar-refractivity contribution < 1.29 is 0 Å². The molecular formula is C15H9BrN6. The molecule has 2 aromatic heterocycles. The van der Waals surface area contributed by atoms with Gasteiger partial charge in [-0.15, -0.1) is 0 Å². The number of rotatable bonds is 2. The van der Waals surface area contributed by atoms with Crippen LogP contribution in [0.15, 0.2) is 46.9 Å². The topological polar surface area (TPSA) is 81.8 Å². The van der Waals surface area contributed by atoms with Gasteiger partial charge in [0.05, 0.1) is 28.4 Å². The van der Waals surface area contributed by atoms with Crippen LogP contribution >= 0.6 is 15.9 Å². The Labute approximate surface area is 133 Å². The lowest BCUT2D eigenvalue weighted by molar-refractivity contribution is 1.01. The van der Waals surface area contributed by atoms with Crippen LogP contribution in [0.3, 0.4) is 0 Å². The first-order chi connectivity index (χ1) is 10.7. The van der Waals surface area contributed by atoms with Gasteiger partial charge in [-0.1, -0.05) is 12.1 Å². The molecule has 0 unspecified atom stereocenters. The van der Waals surface area contributed by atoms with Crippen molar-refractivity contribution in [1.82, 2.24) is 19.6 Å². The van der Waals surface area contributed by atoms with Crippen molar-refractivity contribution in [3.8, 4) is 6.07 Å². The number of nitrogens with zero attached hydrogens (tertiary/aromatic N) is 4. The fourth-order valence-electron chi connectivity index (χ4n) is 2.30. The van der Waals surface area contributed by atoms with Crippen LogP contribution < -0.4 is 5.32 Å². The van der Waals surface area contributed by atoms with E-state index in [0.717, 1.165) is 21.2 Å². The second-order valence-electron chi connectivity index (χ2n) is 4.74. The quantitative estimate of drug-likeness (QED) is 0.577. The number of hydrogen-bond acceptors (Lipinski definition) is 4. The normalized spacial score (nSPS) is 10.9. The van der Waals surface area contributed by atoms with Gasteiger partial charge in [-0.3, -0.25) is 5.10 Å². The van der Waals surface area contributed by atoms with Crippen molar-refractivity contribution in [1.29, 1.82) is 5.26 Å². The summed E-state index contributed by atoms with van der Waals surface area (Å²) in [7, 11) is 0. The number of nitriles is 1. The maximum Gasteiger partial charge on any atom is 0.253 e. The maximum absolute atomic E-state index is 8.93. The molecule has 0 amide bonds. The van der Waals surface area contributed by atoms with E-state index in [1.165, 1.54) is 0 Å². The lowest BCUT2D eigenvalue weighted by Gasteiger charge is -2.04. The van der Waals surface area contributed by atoms with Crippen LogP contribution in [0.4, 0.5) is 11.6 Å². The zero-order valence-corrected chi connectivity index (χ0v) is 12.8. The lowest BCUT2D eigenvalue weighted by atomic mass is 10.2. The SMILES string of the molecule is N#Cc1ccc2c(c1)nc1nc(Nc3ccccc3Br)[nH]n12. The first-order valence-corrected chi connectivity index (χ1v) is 7.34. The highest BCUT2D eigenvalue weighted by Crippen LogP contribution is 2.25. The number of anilines is 2. The third kappa shape index (κ3) is 2.01. The molecule has 4 rings (SSSR count). The third-order valence-corrected chi connectivity index (χ3v) is 4.01. The van der Waals surface area contributed by atoms with Crippen LogP contribution in [0, 0.1) is 11.3 Å². The molecule has 0 saturated carbocycles. The van der Waals surface area contributed by atoms with Crippen molar-refractivity contribution in [2.45, 2.75) is 0 Å². The Morgan fingerprint density at radius 2 is 2.05 bits per heavy atom. The number of benzene rings is 2. The summed E-state index contributed by atoms with van der Waals surface area (Å²) in [4.78, 5) is 8.85. The zero-order chi connectivity index (χ0) is 15.1. The summed E-state index contributed by atoms with van der Waals surface area (Å²) in [6.45, 7) is 0. The molecule has 0 aliphatic rings. The Balaban J connectivity index is 1.79. The monoisotopic (exact) mass is 352 g/mol. The largest absolute Gasteiger partial charge is 0.324 e. The fourth-order valence-corrected chi connectivity index (χ4v) is 2.68. The molecule has 0 aliphatic carbocycles. The van der Waals surface area contributed by atoms with E-state index in [9.17, 15) is 0 Å². The summed E-state index contributed by atoms with van der Waals surface area (Å²) >= 11 is 3.49. The Bertz CT molecular complexity index is 1040. The number of nitrogens with one attached hydrogen (secondary N) is 2. The molecule has 0 atom stereocenters. The van der Waals surface area contributed by atoms with Gasteiger partial charge in [0.1, 0.15) is 0 Å². The minimum absolute atomic E-state index is 0.555.